The Morgan fingerprint density at radius 2 is 0.875 bits per heavy atom. The van der Waals surface area contributed by atoms with Gasteiger partial charge in [0, 0.05) is 0 Å². The van der Waals surface area contributed by atoms with Gasteiger partial charge in [0.15, 0.2) is 0 Å². The van der Waals surface area contributed by atoms with E-state index in [0.29, 0.717) is 0 Å². The van der Waals surface area contributed by atoms with Gasteiger partial charge in [-0.2, -0.15) is 0 Å². The number of fused-ring (bicyclic) bond motifs is 2. The average molecular weight is 406 g/mol. The SMILES string of the molecule is [c]1cc(-c2cccc3ccccc23)ccc1-c1ccc(-c2cccc3ccccc23)cc1. The molecule has 1 radical (unpaired) electrons. The molecule has 6 rings (SSSR count). The third-order valence-corrected chi connectivity index (χ3v) is 6.21. The summed E-state index contributed by atoms with van der Waals surface area (Å²) in [5.74, 6) is 0. The molecule has 0 nitrogen and oxygen atoms in total. The van der Waals surface area contributed by atoms with Gasteiger partial charge in [0.1, 0.15) is 0 Å². The minimum Gasteiger partial charge on any atom is -0.0616 e. The highest BCUT2D eigenvalue weighted by Crippen LogP contribution is 2.32. The molecule has 0 atom stereocenters. The summed E-state index contributed by atoms with van der Waals surface area (Å²) < 4.78 is 0. The summed E-state index contributed by atoms with van der Waals surface area (Å²) in [5.41, 5.74) is 7.23. The van der Waals surface area contributed by atoms with Crippen molar-refractivity contribution < 1.29 is 0 Å². The van der Waals surface area contributed by atoms with Crippen LogP contribution in [0.2, 0.25) is 0 Å². The lowest BCUT2D eigenvalue weighted by molar-refractivity contribution is 1.59. The Kier molecular flexibility index (Phi) is 4.55. The van der Waals surface area contributed by atoms with Crippen LogP contribution in [0.4, 0.5) is 0 Å². The van der Waals surface area contributed by atoms with Crippen molar-refractivity contribution in [3.8, 4) is 33.4 Å². The second-order valence-electron chi connectivity index (χ2n) is 8.12. The van der Waals surface area contributed by atoms with Crippen LogP contribution in [0.1, 0.15) is 0 Å². The van der Waals surface area contributed by atoms with E-state index in [1.807, 2.05) is 0 Å². The molecular formula is C32H21. The second kappa shape index (κ2) is 7.83. The van der Waals surface area contributed by atoms with Gasteiger partial charge in [0.25, 0.3) is 0 Å². The fourth-order valence-corrected chi connectivity index (χ4v) is 4.56. The maximum absolute atomic E-state index is 3.51. The average Bonchev–Trinajstić information content (AvgIpc) is 2.88. The van der Waals surface area contributed by atoms with E-state index in [1.165, 1.54) is 49.4 Å². The molecule has 0 spiro atoms. The maximum atomic E-state index is 3.51. The molecule has 0 saturated heterocycles. The van der Waals surface area contributed by atoms with Crippen LogP contribution in [0, 0.1) is 6.07 Å². The first-order valence-corrected chi connectivity index (χ1v) is 11.0. The summed E-state index contributed by atoms with van der Waals surface area (Å²) in [6.45, 7) is 0. The van der Waals surface area contributed by atoms with Crippen LogP contribution in [0.3, 0.4) is 0 Å². The first-order chi connectivity index (χ1) is 15.9. The summed E-state index contributed by atoms with van der Waals surface area (Å²) in [4.78, 5) is 0. The minimum atomic E-state index is 1.11. The molecule has 6 aromatic rings. The molecule has 0 unspecified atom stereocenters. The van der Waals surface area contributed by atoms with Gasteiger partial charge in [-0.15, -0.1) is 0 Å². The predicted octanol–water partition coefficient (Wildman–Crippen LogP) is 8.79. The molecule has 6 aromatic carbocycles. The molecule has 0 bridgehead atoms. The molecule has 0 saturated carbocycles. The normalized spacial score (nSPS) is 11.1. The van der Waals surface area contributed by atoms with Crippen molar-refractivity contribution in [2.45, 2.75) is 0 Å². The van der Waals surface area contributed by atoms with Crippen LogP contribution in [0.25, 0.3) is 54.9 Å². The standard InChI is InChI=1S/C32H21/c1-3-11-29-25(7-1)9-5-13-31(29)27-19-15-23(16-20-27)24-17-21-28(22-18-24)32-14-6-10-26-8-2-4-12-30(26)32/h1-17,19-22H. The zero-order chi connectivity index (χ0) is 21.3. The smallest absolute Gasteiger partial charge is 0.00928 e. The molecule has 0 aliphatic rings. The highest BCUT2D eigenvalue weighted by molar-refractivity contribution is 5.98. The maximum Gasteiger partial charge on any atom is -0.00928 e. The molecule has 149 valence electrons. The number of hydrogen-bond donors (Lipinski definition) is 0. The quantitative estimate of drug-likeness (QED) is 0.276. The Bertz CT molecular complexity index is 1410. The summed E-state index contributed by atoms with van der Waals surface area (Å²) in [5, 5.41) is 5.09. The lowest BCUT2D eigenvalue weighted by Crippen LogP contribution is -1.84. The van der Waals surface area contributed by atoms with Crippen LogP contribution in [0.5, 0.6) is 0 Å². The second-order valence-corrected chi connectivity index (χ2v) is 8.12. The number of hydrogen-bond acceptors (Lipinski definition) is 0. The lowest BCUT2D eigenvalue weighted by atomic mass is 9.94. The van der Waals surface area contributed by atoms with Crippen LogP contribution in [-0.2, 0) is 0 Å². The van der Waals surface area contributed by atoms with E-state index in [-0.39, 0.29) is 0 Å². The summed E-state index contributed by atoms with van der Waals surface area (Å²) in [6.07, 6.45) is 0. The molecule has 0 amide bonds. The van der Waals surface area contributed by atoms with Crippen molar-refractivity contribution in [2.75, 3.05) is 0 Å². The highest BCUT2D eigenvalue weighted by atomic mass is 14.1. The fourth-order valence-electron chi connectivity index (χ4n) is 4.56. The van der Waals surface area contributed by atoms with Crippen LogP contribution in [-0.4, -0.2) is 0 Å². The van der Waals surface area contributed by atoms with Crippen molar-refractivity contribution in [3.63, 3.8) is 0 Å². The third kappa shape index (κ3) is 3.27. The molecule has 0 fully saturated rings. The first kappa shape index (κ1) is 18.6. The predicted molar refractivity (Wildman–Crippen MR) is 137 cm³/mol. The van der Waals surface area contributed by atoms with Gasteiger partial charge in [-0.1, -0.05) is 121 Å². The molecule has 0 aliphatic heterocycles. The van der Waals surface area contributed by atoms with Gasteiger partial charge in [-0.25, -0.2) is 0 Å². The fraction of sp³-hybridized carbons (Fsp3) is 0. The minimum absolute atomic E-state index is 1.11. The van der Waals surface area contributed by atoms with Crippen LogP contribution < -0.4 is 0 Å². The Morgan fingerprint density at radius 3 is 1.47 bits per heavy atom. The zero-order valence-corrected chi connectivity index (χ0v) is 17.6. The van der Waals surface area contributed by atoms with E-state index < -0.39 is 0 Å². The van der Waals surface area contributed by atoms with Crippen LogP contribution in [0.15, 0.2) is 127 Å². The molecule has 0 heteroatoms. The van der Waals surface area contributed by atoms with E-state index in [2.05, 4.69) is 133 Å². The van der Waals surface area contributed by atoms with Gasteiger partial charge >= 0.3 is 0 Å². The summed E-state index contributed by atoms with van der Waals surface area (Å²) in [7, 11) is 0. The van der Waals surface area contributed by atoms with Crippen molar-refractivity contribution in [1.29, 1.82) is 0 Å². The third-order valence-electron chi connectivity index (χ3n) is 6.21. The monoisotopic (exact) mass is 405 g/mol. The lowest BCUT2D eigenvalue weighted by Gasteiger charge is -2.10. The molecule has 0 N–H and O–H groups in total. The van der Waals surface area contributed by atoms with Gasteiger partial charge < -0.3 is 0 Å². The Balaban J connectivity index is 1.33. The Hall–Kier alpha value is -4.16. The van der Waals surface area contributed by atoms with Gasteiger partial charge in [0.05, 0.1) is 0 Å². The Labute approximate surface area is 188 Å². The molecule has 0 heterocycles. The van der Waals surface area contributed by atoms with Crippen LogP contribution >= 0.6 is 0 Å². The number of benzene rings is 6. The van der Waals surface area contributed by atoms with Crippen molar-refractivity contribution in [3.05, 3.63) is 133 Å². The molecule has 0 aliphatic carbocycles. The molecule has 32 heavy (non-hydrogen) atoms. The number of rotatable bonds is 3. The zero-order valence-electron chi connectivity index (χ0n) is 17.6. The highest BCUT2D eigenvalue weighted by Gasteiger charge is 2.06. The van der Waals surface area contributed by atoms with E-state index in [4.69, 9.17) is 0 Å². The van der Waals surface area contributed by atoms with E-state index >= 15 is 0 Å². The van der Waals surface area contributed by atoms with Crippen molar-refractivity contribution in [1.82, 2.24) is 0 Å². The largest absolute Gasteiger partial charge is 0.0616 e. The van der Waals surface area contributed by atoms with E-state index in [1.54, 1.807) is 0 Å². The van der Waals surface area contributed by atoms with Gasteiger partial charge in [-0.05, 0) is 67.1 Å². The van der Waals surface area contributed by atoms with Crippen molar-refractivity contribution >= 4 is 21.5 Å². The van der Waals surface area contributed by atoms with Gasteiger partial charge in [0.2, 0.25) is 0 Å². The van der Waals surface area contributed by atoms with E-state index in [9.17, 15) is 0 Å². The first-order valence-electron chi connectivity index (χ1n) is 11.0. The summed E-state index contributed by atoms with van der Waals surface area (Å²) >= 11 is 0. The Morgan fingerprint density at radius 1 is 0.375 bits per heavy atom. The summed E-state index contributed by atoms with van der Waals surface area (Å²) in [6, 6.07) is 48.8. The molecular weight excluding hydrogens is 384 g/mol. The van der Waals surface area contributed by atoms with E-state index in [0.717, 1.165) is 5.56 Å². The topological polar surface area (TPSA) is 0 Å². The van der Waals surface area contributed by atoms with Crippen molar-refractivity contribution in [2.24, 2.45) is 0 Å². The van der Waals surface area contributed by atoms with Gasteiger partial charge in [-0.3, -0.25) is 0 Å². The molecule has 0 aromatic heterocycles.